The van der Waals surface area contributed by atoms with Crippen LogP contribution in [0.3, 0.4) is 0 Å². The van der Waals surface area contributed by atoms with E-state index in [9.17, 15) is 26.3 Å². The first kappa shape index (κ1) is 30.8. The van der Waals surface area contributed by atoms with E-state index in [-0.39, 0.29) is 11.7 Å². The highest BCUT2D eigenvalue weighted by Gasteiger charge is 2.43. The van der Waals surface area contributed by atoms with Crippen molar-refractivity contribution in [3.05, 3.63) is 30.1 Å². The molecule has 0 bridgehead atoms. The van der Waals surface area contributed by atoms with E-state index in [0.717, 1.165) is 18.9 Å². The second-order valence-corrected chi connectivity index (χ2v) is 9.19. The topological polar surface area (TPSA) is 109 Å². The first-order chi connectivity index (χ1) is 17.2. The minimum absolute atomic E-state index is 0.0963. The van der Waals surface area contributed by atoms with Crippen molar-refractivity contribution >= 4 is 11.9 Å². The Kier molecular flexibility index (Phi) is 11.1. The highest BCUT2D eigenvalue weighted by Crippen LogP contribution is 2.38. The predicted octanol–water partition coefficient (Wildman–Crippen LogP) is 4.29. The molecule has 37 heavy (non-hydrogen) atoms. The minimum atomic E-state index is -5.08. The van der Waals surface area contributed by atoms with Gasteiger partial charge in [-0.1, -0.05) is 6.42 Å². The van der Waals surface area contributed by atoms with Gasteiger partial charge in [0, 0.05) is 38.4 Å². The van der Waals surface area contributed by atoms with Gasteiger partial charge < -0.3 is 24.6 Å². The number of likely N-dealkylation sites (tertiary alicyclic amines) is 1. The fourth-order valence-corrected chi connectivity index (χ4v) is 4.13. The number of halogens is 6. The molecule has 4 rings (SSSR count). The van der Waals surface area contributed by atoms with Crippen molar-refractivity contribution in [3.8, 4) is 0 Å². The SMILES string of the molecule is O=C(O)C(F)(F)F.O=C(O)C(F)(F)F.c1cc(COC2COC3(CCN(CC4CCC4)CC3)C2)ccn1. The van der Waals surface area contributed by atoms with E-state index in [2.05, 4.69) is 9.88 Å². The van der Waals surface area contributed by atoms with Gasteiger partial charge in [-0.3, -0.25) is 4.98 Å². The molecule has 2 saturated heterocycles. The molecule has 3 aliphatic rings. The number of piperidine rings is 1. The Hall–Kier alpha value is -2.45. The smallest absolute Gasteiger partial charge is 0.475 e. The molecule has 1 aromatic heterocycles. The van der Waals surface area contributed by atoms with Crippen LogP contribution < -0.4 is 0 Å². The Morgan fingerprint density at radius 1 is 1.03 bits per heavy atom. The summed E-state index contributed by atoms with van der Waals surface area (Å²) in [6.07, 6.45) is 1.49. The van der Waals surface area contributed by atoms with Crippen LogP contribution in [0.1, 0.15) is 44.1 Å². The van der Waals surface area contributed by atoms with Gasteiger partial charge in [-0.2, -0.15) is 26.3 Å². The number of carboxylic acids is 2. The van der Waals surface area contributed by atoms with Crippen LogP contribution in [0, 0.1) is 5.92 Å². The van der Waals surface area contributed by atoms with Gasteiger partial charge in [0.25, 0.3) is 0 Å². The zero-order chi connectivity index (χ0) is 27.7. The van der Waals surface area contributed by atoms with Crippen molar-refractivity contribution in [2.45, 2.75) is 69.2 Å². The molecule has 1 saturated carbocycles. The first-order valence-electron chi connectivity index (χ1n) is 11.7. The number of hydrogen-bond acceptors (Lipinski definition) is 6. The van der Waals surface area contributed by atoms with Crippen LogP contribution in [-0.4, -0.2) is 82.3 Å². The fourth-order valence-electron chi connectivity index (χ4n) is 4.13. The average Bonchev–Trinajstić information content (AvgIpc) is 3.19. The number of alkyl halides is 6. The summed E-state index contributed by atoms with van der Waals surface area (Å²) in [7, 11) is 0. The molecule has 1 unspecified atom stereocenters. The number of ether oxygens (including phenoxy) is 2. The number of hydrogen-bond donors (Lipinski definition) is 2. The number of rotatable bonds is 5. The lowest BCUT2D eigenvalue weighted by Crippen LogP contribution is -2.46. The van der Waals surface area contributed by atoms with Gasteiger partial charge in [-0.05, 0) is 49.3 Å². The molecule has 210 valence electrons. The molecule has 0 radical (unpaired) electrons. The molecular weight excluding hydrogens is 514 g/mol. The summed E-state index contributed by atoms with van der Waals surface area (Å²) in [6, 6.07) is 4.04. The summed E-state index contributed by atoms with van der Waals surface area (Å²) in [5.74, 6) is -4.54. The van der Waals surface area contributed by atoms with Gasteiger partial charge in [-0.15, -0.1) is 0 Å². The lowest BCUT2D eigenvalue weighted by atomic mass is 9.83. The van der Waals surface area contributed by atoms with Crippen molar-refractivity contribution in [3.63, 3.8) is 0 Å². The second kappa shape index (κ2) is 13.4. The van der Waals surface area contributed by atoms with Crippen LogP contribution >= 0.6 is 0 Å². The van der Waals surface area contributed by atoms with E-state index >= 15 is 0 Å². The summed E-state index contributed by atoms with van der Waals surface area (Å²) in [4.78, 5) is 24.5. The van der Waals surface area contributed by atoms with Crippen molar-refractivity contribution in [2.75, 3.05) is 26.2 Å². The normalized spacial score (nSPS) is 21.7. The number of aromatic nitrogens is 1. The minimum Gasteiger partial charge on any atom is -0.475 e. The second-order valence-electron chi connectivity index (χ2n) is 9.19. The first-order valence-corrected chi connectivity index (χ1v) is 11.7. The maximum absolute atomic E-state index is 10.6. The summed E-state index contributed by atoms with van der Waals surface area (Å²) >= 11 is 0. The van der Waals surface area contributed by atoms with Crippen molar-refractivity contribution in [1.82, 2.24) is 9.88 Å². The number of pyridine rings is 1. The lowest BCUT2D eigenvalue weighted by molar-refractivity contribution is -0.193. The third-order valence-electron chi connectivity index (χ3n) is 6.40. The molecule has 0 amide bonds. The molecule has 1 aromatic rings. The standard InChI is InChI=1S/C19H28N2O2.2C2HF3O2/c1-2-16(3-1)13-21-10-6-19(7-11-21)12-18(15-23-19)22-14-17-4-8-20-9-5-17;2*3-2(4,5)1(6)7/h4-5,8-9,16,18H,1-3,6-7,10-15H2;2*(H,6,7). The molecule has 0 aromatic carbocycles. The maximum atomic E-state index is 10.6. The van der Waals surface area contributed by atoms with E-state index < -0.39 is 24.3 Å². The molecule has 2 N–H and O–H groups in total. The van der Waals surface area contributed by atoms with Crippen molar-refractivity contribution in [2.24, 2.45) is 5.92 Å². The number of carboxylic acid groups (broad SMARTS) is 2. The van der Waals surface area contributed by atoms with Crippen LogP contribution in [0.5, 0.6) is 0 Å². The van der Waals surface area contributed by atoms with E-state index in [1.807, 2.05) is 24.5 Å². The van der Waals surface area contributed by atoms with Crippen LogP contribution in [0.15, 0.2) is 24.5 Å². The van der Waals surface area contributed by atoms with E-state index in [4.69, 9.17) is 29.3 Å². The van der Waals surface area contributed by atoms with E-state index in [1.165, 1.54) is 57.3 Å². The Balaban J connectivity index is 0.000000286. The highest BCUT2D eigenvalue weighted by atomic mass is 19.4. The number of nitrogens with zero attached hydrogens (tertiary/aromatic N) is 2. The summed E-state index contributed by atoms with van der Waals surface area (Å²) in [5.41, 5.74) is 1.29. The van der Waals surface area contributed by atoms with Gasteiger partial charge in [0.1, 0.15) is 0 Å². The molecule has 8 nitrogen and oxygen atoms in total. The summed E-state index contributed by atoms with van der Waals surface area (Å²) in [5, 5.41) is 14.2. The molecule has 3 fully saturated rings. The molecule has 2 aliphatic heterocycles. The average molecular weight is 544 g/mol. The molecular formula is C23H30F6N2O6. The molecule has 14 heteroatoms. The fraction of sp³-hybridized carbons (Fsp3) is 0.696. The number of carbonyl (C=O) groups is 2. The van der Waals surface area contributed by atoms with E-state index in [1.54, 1.807) is 0 Å². The summed E-state index contributed by atoms with van der Waals surface area (Å²) in [6.45, 7) is 5.15. The summed E-state index contributed by atoms with van der Waals surface area (Å²) < 4.78 is 75.8. The van der Waals surface area contributed by atoms with Gasteiger partial charge in [0.05, 0.1) is 24.9 Å². The van der Waals surface area contributed by atoms with Crippen molar-refractivity contribution < 1.29 is 55.6 Å². The molecule has 1 aliphatic carbocycles. The number of aliphatic carboxylic acids is 2. The quantitative estimate of drug-likeness (QED) is 0.529. The van der Waals surface area contributed by atoms with Crippen LogP contribution in [0.2, 0.25) is 0 Å². The monoisotopic (exact) mass is 544 g/mol. The maximum Gasteiger partial charge on any atom is 0.490 e. The highest BCUT2D eigenvalue weighted by molar-refractivity contribution is 5.73. The zero-order valence-electron chi connectivity index (χ0n) is 19.9. The lowest BCUT2D eigenvalue weighted by Gasteiger charge is -2.41. The Labute approximate surface area is 209 Å². The van der Waals surface area contributed by atoms with Gasteiger partial charge in [-0.25, -0.2) is 9.59 Å². The molecule has 3 heterocycles. The van der Waals surface area contributed by atoms with Crippen LogP contribution in [0.25, 0.3) is 0 Å². The van der Waals surface area contributed by atoms with Gasteiger partial charge in [0.2, 0.25) is 0 Å². The zero-order valence-corrected chi connectivity index (χ0v) is 19.9. The van der Waals surface area contributed by atoms with Crippen LogP contribution in [-0.2, 0) is 25.7 Å². The third-order valence-corrected chi connectivity index (χ3v) is 6.40. The van der Waals surface area contributed by atoms with Gasteiger partial charge >= 0.3 is 24.3 Å². The Morgan fingerprint density at radius 2 is 1.54 bits per heavy atom. The van der Waals surface area contributed by atoms with Crippen LogP contribution in [0.4, 0.5) is 26.3 Å². The Morgan fingerprint density at radius 3 is 1.97 bits per heavy atom. The Bertz CT molecular complexity index is 832. The molecule has 1 spiro atoms. The van der Waals surface area contributed by atoms with Gasteiger partial charge in [0.15, 0.2) is 0 Å². The third kappa shape index (κ3) is 10.8. The van der Waals surface area contributed by atoms with E-state index in [0.29, 0.717) is 6.61 Å². The van der Waals surface area contributed by atoms with Crippen molar-refractivity contribution in [1.29, 1.82) is 0 Å². The largest absolute Gasteiger partial charge is 0.490 e. The predicted molar refractivity (Wildman–Crippen MR) is 117 cm³/mol. The molecule has 1 atom stereocenters.